The maximum atomic E-state index is 6.15. The molecule has 0 aromatic heterocycles. The number of hydrogen-bond donors (Lipinski definition) is 0. The van der Waals surface area contributed by atoms with Crippen molar-refractivity contribution >= 4 is 34.0 Å². The molecule has 0 N–H and O–H groups in total. The Morgan fingerprint density at radius 3 is 1.92 bits per heavy atom. The van der Waals surface area contributed by atoms with E-state index in [1.165, 1.54) is 70.6 Å². The van der Waals surface area contributed by atoms with E-state index in [9.17, 15) is 0 Å². The summed E-state index contributed by atoms with van der Waals surface area (Å²) in [6.07, 6.45) is 3.98. The fourth-order valence-electron chi connectivity index (χ4n) is 5.90. The maximum absolute atomic E-state index is 6.15. The minimum absolute atomic E-state index is 0. The highest BCUT2D eigenvalue weighted by Gasteiger charge is 2.21. The van der Waals surface area contributed by atoms with Crippen LogP contribution in [-0.4, -0.2) is 38.3 Å². The summed E-state index contributed by atoms with van der Waals surface area (Å²) in [7, 11) is 1.72. The lowest BCUT2D eigenvalue weighted by atomic mass is 9.81. The summed E-state index contributed by atoms with van der Waals surface area (Å²) in [4.78, 5) is 2.52. The van der Waals surface area contributed by atoms with Gasteiger partial charge in [0.15, 0.2) is 0 Å². The van der Waals surface area contributed by atoms with Crippen molar-refractivity contribution in [2.45, 2.75) is 25.2 Å². The minimum atomic E-state index is 0. The van der Waals surface area contributed by atoms with Gasteiger partial charge in [-0.25, -0.2) is 0 Å². The Morgan fingerprint density at radius 2 is 1.26 bits per heavy atom. The van der Waals surface area contributed by atoms with Crippen molar-refractivity contribution in [2.75, 3.05) is 33.4 Å². The Kier molecular flexibility index (Phi) is 8.71. The summed E-state index contributed by atoms with van der Waals surface area (Å²) in [6, 6.07) is 37.1. The summed E-state index contributed by atoms with van der Waals surface area (Å²) in [5, 5.41) is 5.13. The molecule has 5 aromatic rings. The number of rotatable bonds is 8. The lowest BCUT2D eigenvalue weighted by Crippen LogP contribution is -2.33. The first-order valence-corrected chi connectivity index (χ1v) is 13.8. The van der Waals surface area contributed by atoms with Crippen LogP contribution in [0.1, 0.15) is 41.9 Å². The smallest absolute Gasteiger partial charge is 0.119 e. The Balaban J connectivity index is 0.00000308. The van der Waals surface area contributed by atoms with Crippen LogP contribution in [0.5, 0.6) is 11.5 Å². The summed E-state index contributed by atoms with van der Waals surface area (Å²) in [6.45, 7) is 4.13. The normalized spacial score (nSPS) is 14.6. The molecule has 3 nitrogen and oxygen atoms in total. The van der Waals surface area contributed by atoms with E-state index in [0.717, 1.165) is 24.7 Å². The monoisotopic (exact) mass is 537 g/mol. The lowest BCUT2D eigenvalue weighted by molar-refractivity contribution is 0.183. The van der Waals surface area contributed by atoms with Gasteiger partial charge in [-0.1, -0.05) is 79.2 Å². The van der Waals surface area contributed by atoms with Gasteiger partial charge in [-0.2, -0.15) is 0 Å². The van der Waals surface area contributed by atoms with Crippen LogP contribution in [0, 0.1) is 0 Å². The Bertz CT molecular complexity index is 1510. The van der Waals surface area contributed by atoms with Gasteiger partial charge in [0.1, 0.15) is 18.1 Å². The van der Waals surface area contributed by atoms with Crippen molar-refractivity contribution in [1.82, 2.24) is 4.90 Å². The predicted molar refractivity (Wildman–Crippen MR) is 165 cm³/mol. The molecule has 1 fully saturated rings. The van der Waals surface area contributed by atoms with Crippen LogP contribution >= 0.6 is 12.4 Å². The molecule has 0 radical (unpaired) electrons. The van der Waals surface area contributed by atoms with E-state index in [4.69, 9.17) is 9.47 Å². The van der Waals surface area contributed by atoms with Crippen molar-refractivity contribution in [2.24, 2.45) is 0 Å². The van der Waals surface area contributed by atoms with Gasteiger partial charge in [-0.15, -0.1) is 12.4 Å². The van der Waals surface area contributed by atoms with Crippen molar-refractivity contribution in [3.8, 4) is 11.5 Å². The van der Waals surface area contributed by atoms with E-state index in [1.54, 1.807) is 7.11 Å². The molecule has 1 heterocycles. The fourth-order valence-corrected chi connectivity index (χ4v) is 5.90. The van der Waals surface area contributed by atoms with Gasteiger partial charge in [0.25, 0.3) is 0 Å². The average molecular weight is 538 g/mol. The molecule has 4 heteroatoms. The number of piperidine rings is 1. The number of likely N-dealkylation sites (tertiary alicyclic amines) is 1. The quantitative estimate of drug-likeness (QED) is 0.146. The molecular formula is C35H36ClNO2. The molecule has 6 rings (SSSR count). The number of benzene rings is 5. The SMILES string of the molecule is COc1ccc(C(c2ccc(OCCN3CCCCC3)cc2)c2cc3ccccc3c3ccccc23)cc1.Cl. The molecule has 1 saturated heterocycles. The lowest BCUT2D eigenvalue weighted by Gasteiger charge is -2.26. The van der Waals surface area contributed by atoms with Crippen LogP contribution in [0.4, 0.5) is 0 Å². The molecule has 0 bridgehead atoms. The largest absolute Gasteiger partial charge is 0.497 e. The molecule has 39 heavy (non-hydrogen) atoms. The van der Waals surface area contributed by atoms with E-state index < -0.39 is 0 Å². The van der Waals surface area contributed by atoms with Crippen molar-refractivity contribution < 1.29 is 9.47 Å². The number of fused-ring (bicyclic) bond motifs is 3. The second-order valence-electron chi connectivity index (χ2n) is 10.3. The van der Waals surface area contributed by atoms with Crippen LogP contribution in [0.25, 0.3) is 21.5 Å². The zero-order valence-corrected chi connectivity index (χ0v) is 23.3. The van der Waals surface area contributed by atoms with Crippen LogP contribution in [-0.2, 0) is 0 Å². The van der Waals surface area contributed by atoms with Gasteiger partial charge >= 0.3 is 0 Å². The third-order valence-electron chi connectivity index (χ3n) is 7.90. The van der Waals surface area contributed by atoms with E-state index >= 15 is 0 Å². The minimum Gasteiger partial charge on any atom is -0.497 e. The van der Waals surface area contributed by atoms with Crippen molar-refractivity contribution in [1.29, 1.82) is 0 Å². The number of ether oxygens (including phenoxy) is 2. The average Bonchev–Trinajstić information content (AvgIpc) is 2.99. The van der Waals surface area contributed by atoms with Gasteiger partial charge in [0, 0.05) is 12.5 Å². The molecule has 1 atom stereocenters. The van der Waals surface area contributed by atoms with Crippen LogP contribution < -0.4 is 9.47 Å². The Hall–Kier alpha value is -3.53. The number of halogens is 1. The summed E-state index contributed by atoms with van der Waals surface area (Å²) >= 11 is 0. The van der Waals surface area contributed by atoms with E-state index in [1.807, 2.05) is 0 Å². The Labute approximate surface area is 237 Å². The van der Waals surface area contributed by atoms with Crippen molar-refractivity contribution in [3.05, 3.63) is 120 Å². The van der Waals surface area contributed by atoms with Crippen molar-refractivity contribution in [3.63, 3.8) is 0 Å². The molecule has 0 spiro atoms. The first kappa shape index (κ1) is 27.1. The van der Waals surface area contributed by atoms with Gasteiger partial charge in [-0.3, -0.25) is 4.90 Å². The van der Waals surface area contributed by atoms with Crippen LogP contribution in [0.15, 0.2) is 103 Å². The molecule has 1 aliphatic heterocycles. The first-order chi connectivity index (χ1) is 18.8. The van der Waals surface area contributed by atoms with Crippen LogP contribution in [0.3, 0.4) is 0 Å². The van der Waals surface area contributed by atoms with Gasteiger partial charge in [-0.05, 0) is 94.5 Å². The highest BCUT2D eigenvalue weighted by Crippen LogP contribution is 2.40. The molecule has 0 amide bonds. The fraction of sp³-hybridized carbons (Fsp3) is 0.257. The molecule has 0 saturated carbocycles. The highest BCUT2D eigenvalue weighted by molar-refractivity contribution is 6.09. The van der Waals surface area contributed by atoms with E-state index in [2.05, 4.69) is 108 Å². The molecule has 0 aliphatic carbocycles. The second kappa shape index (κ2) is 12.5. The molecule has 1 aliphatic rings. The Morgan fingerprint density at radius 1 is 0.667 bits per heavy atom. The molecule has 200 valence electrons. The second-order valence-corrected chi connectivity index (χ2v) is 10.3. The summed E-state index contributed by atoms with van der Waals surface area (Å²) in [5.41, 5.74) is 3.80. The molecular weight excluding hydrogens is 502 g/mol. The van der Waals surface area contributed by atoms with Gasteiger partial charge < -0.3 is 9.47 Å². The van der Waals surface area contributed by atoms with Gasteiger partial charge in [0.2, 0.25) is 0 Å². The first-order valence-electron chi connectivity index (χ1n) is 13.8. The zero-order chi connectivity index (χ0) is 25.7. The molecule has 5 aromatic carbocycles. The standard InChI is InChI=1S/C35H35NO2.ClH/c1-37-29-17-13-26(14-18-29)35(27-15-19-30(20-16-27)38-24-23-36-21-7-2-8-22-36)34-25-28-9-3-4-10-31(28)32-11-5-6-12-33(32)34;/h3-6,9-20,25,35H,2,7-8,21-24H2,1H3;1H. The predicted octanol–water partition coefficient (Wildman–Crippen LogP) is 8.47. The number of nitrogens with zero attached hydrogens (tertiary/aromatic N) is 1. The zero-order valence-electron chi connectivity index (χ0n) is 22.5. The molecule has 1 unspecified atom stereocenters. The summed E-state index contributed by atoms with van der Waals surface area (Å²) < 4.78 is 11.6. The third kappa shape index (κ3) is 5.90. The number of methoxy groups -OCH3 is 1. The van der Waals surface area contributed by atoms with Crippen LogP contribution in [0.2, 0.25) is 0 Å². The third-order valence-corrected chi connectivity index (χ3v) is 7.90. The summed E-state index contributed by atoms with van der Waals surface area (Å²) in [5.74, 6) is 1.88. The highest BCUT2D eigenvalue weighted by atomic mass is 35.5. The maximum Gasteiger partial charge on any atom is 0.119 e. The van der Waals surface area contributed by atoms with E-state index in [0.29, 0.717) is 0 Å². The number of hydrogen-bond acceptors (Lipinski definition) is 3. The van der Waals surface area contributed by atoms with E-state index in [-0.39, 0.29) is 18.3 Å². The topological polar surface area (TPSA) is 21.7 Å². The van der Waals surface area contributed by atoms with Gasteiger partial charge in [0.05, 0.1) is 7.11 Å².